The monoisotopic (exact) mass is 528 g/mol. The Bertz CT molecular complexity index is 1020. The fraction of sp³-hybridized carbons (Fsp3) is 0.643. The summed E-state index contributed by atoms with van der Waals surface area (Å²) in [6, 6.07) is 7.57. The van der Waals surface area contributed by atoms with Crippen LogP contribution in [0, 0.1) is 5.92 Å². The summed E-state index contributed by atoms with van der Waals surface area (Å²) in [5.41, 5.74) is 8.45. The predicted octanol–water partition coefficient (Wildman–Crippen LogP) is 6.06. The summed E-state index contributed by atoms with van der Waals surface area (Å²) in [4.78, 5) is 21.0. The number of carbonyl (C=O) groups is 1. The number of hydrogen-bond donors (Lipinski definition) is 1. The second kappa shape index (κ2) is 12.3. The highest BCUT2D eigenvalue weighted by molar-refractivity contribution is 8.77. The first-order valence-corrected chi connectivity index (χ1v) is 16.1. The standard InChI is InChI=1S/C28H40N4O2S2/c1-34-25-15-9-8-14-22(25)24-18-31-16-17-32(26(27(31)30-24)20-10-4-2-5-11-20)28(33)23(29)19-35-36-21-12-6-3-7-13-21/h8-9,14-15,18,20-21,23,26H,2-7,10-13,16-17,19,29H2,1H3. The van der Waals surface area contributed by atoms with E-state index in [1.54, 1.807) is 17.9 Å². The molecular weight excluding hydrogens is 488 g/mol. The third kappa shape index (κ3) is 5.76. The molecule has 3 aliphatic rings. The zero-order chi connectivity index (χ0) is 24.9. The normalized spacial score (nSPS) is 22.3. The molecule has 8 heteroatoms. The first kappa shape index (κ1) is 26.0. The van der Waals surface area contributed by atoms with E-state index in [4.69, 9.17) is 15.5 Å². The van der Waals surface area contributed by atoms with Crippen molar-refractivity contribution in [3.8, 4) is 17.0 Å². The zero-order valence-electron chi connectivity index (χ0n) is 21.4. The number of nitrogens with zero attached hydrogens (tertiary/aromatic N) is 3. The minimum Gasteiger partial charge on any atom is -0.496 e. The molecule has 36 heavy (non-hydrogen) atoms. The summed E-state index contributed by atoms with van der Waals surface area (Å²) in [6.45, 7) is 1.45. The third-order valence-corrected chi connectivity index (χ3v) is 11.1. The van der Waals surface area contributed by atoms with Gasteiger partial charge in [-0.25, -0.2) is 4.98 Å². The van der Waals surface area contributed by atoms with E-state index < -0.39 is 6.04 Å². The fourth-order valence-electron chi connectivity index (χ4n) is 6.14. The summed E-state index contributed by atoms with van der Waals surface area (Å²) in [5.74, 6) is 3.04. The summed E-state index contributed by atoms with van der Waals surface area (Å²) in [6.07, 6.45) is 14.8. The minimum atomic E-state index is -0.465. The van der Waals surface area contributed by atoms with Crippen LogP contribution in [0.2, 0.25) is 0 Å². The molecule has 2 aliphatic carbocycles. The largest absolute Gasteiger partial charge is 0.496 e. The van der Waals surface area contributed by atoms with Crippen LogP contribution in [0.4, 0.5) is 0 Å². The summed E-state index contributed by atoms with van der Waals surface area (Å²) < 4.78 is 7.88. The van der Waals surface area contributed by atoms with Crippen molar-refractivity contribution in [2.75, 3.05) is 19.4 Å². The van der Waals surface area contributed by atoms with Gasteiger partial charge in [0.1, 0.15) is 11.6 Å². The third-order valence-electron chi connectivity index (χ3n) is 8.07. The molecular formula is C28H40N4O2S2. The quantitative estimate of drug-likeness (QED) is 0.420. The Morgan fingerprint density at radius 3 is 2.56 bits per heavy atom. The van der Waals surface area contributed by atoms with E-state index >= 15 is 0 Å². The second-order valence-electron chi connectivity index (χ2n) is 10.5. The molecule has 0 bridgehead atoms. The molecule has 2 heterocycles. The minimum absolute atomic E-state index is 0.00273. The molecule has 5 rings (SSSR count). The Hall–Kier alpha value is -1.64. The van der Waals surface area contributed by atoms with Crippen LogP contribution < -0.4 is 10.5 Å². The maximum atomic E-state index is 13.7. The van der Waals surface area contributed by atoms with Gasteiger partial charge in [0.2, 0.25) is 5.91 Å². The van der Waals surface area contributed by atoms with Crippen LogP contribution in [-0.4, -0.2) is 51.1 Å². The Kier molecular flexibility index (Phi) is 8.86. The van der Waals surface area contributed by atoms with Crippen molar-refractivity contribution >= 4 is 27.5 Å². The highest BCUT2D eigenvalue weighted by Crippen LogP contribution is 2.42. The van der Waals surface area contributed by atoms with Gasteiger partial charge in [-0.2, -0.15) is 0 Å². The Balaban J connectivity index is 1.34. The molecule has 0 radical (unpaired) electrons. The number of nitrogens with two attached hydrogens (primary N) is 1. The fourth-order valence-corrected chi connectivity index (χ4v) is 9.06. The maximum absolute atomic E-state index is 13.7. The first-order valence-electron chi connectivity index (χ1n) is 13.7. The molecule has 1 amide bonds. The van der Waals surface area contributed by atoms with Crippen LogP contribution in [0.15, 0.2) is 30.5 Å². The van der Waals surface area contributed by atoms with E-state index in [1.165, 1.54) is 51.4 Å². The number of amides is 1. The van der Waals surface area contributed by atoms with Crippen molar-refractivity contribution in [1.29, 1.82) is 0 Å². The summed E-state index contributed by atoms with van der Waals surface area (Å²) in [7, 11) is 5.45. The maximum Gasteiger partial charge on any atom is 0.241 e. The number of carbonyl (C=O) groups excluding carboxylic acids is 1. The number of aromatic nitrogens is 2. The van der Waals surface area contributed by atoms with Crippen LogP contribution in [-0.2, 0) is 11.3 Å². The molecule has 2 atom stereocenters. The molecule has 196 valence electrons. The van der Waals surface area contributed by atoms with Gasteiger partial charge in [-0.1, -0.05) is 72.2 Å². The predicted molar refractivity (Wildman–Crippen MR) is 150 cm³/mol. The molecule has 2 fully saturated rings. The lowest BCUT2D eigenvalue weighted by molar-refractivity contribution is -0.137. The van der Waals surface area contributed by atoms with Crippen molar-refractivity contribution in [1.82, 2.24) is 14.5 Å². The van der Waals surface area contributed by atoms with Crippen molar-refractivity contribution in [2.45, 2.75) is 88.1 Å². The Morgan fingerprint density at radius 1 is 1.08 bits per heavy atom. The van der Waals surface area contributed by atoms with Gasteiger partial charge in [0, 0.05) is 35.9 Å². The van der Waals surface area contributed by atoms with Gasteiger partial charge in [-0.05, 0) is 43.7 Å². The summed E-state index contributed by atoms with van der Waals surface area (Å²) in [5, 5.41) is 0.719. The van der Waals surface area contributed by atoms with Gasteiger partial charge in [0.25, 0.3) is 0 Å². The molecule has 1 aromatic heterocycles. The number of para-hydroxylation sites is 1. The molecule has 0 saturated heterocycles. The van der Waals surface area contributed by atoms with Gasteiger partial charge >= 0.3 is 0 Å². The number of fused-ring (bicyclic) bond motifs is 1. The first-order chi connectivity index (χ1) is 17.7. The topological polar surface area (TPSA) is 73.4 Å². The van der Waals surface area contributed by atoms with Gasteiger partial charge < -0.3 is 19.9 Å². The van der Waals surface area contributed by atoms with Crippen LogP contribution >= 0.6 is 21.6 Å². The lowest BCUT2D eigenvalue weighted by Gasteiger charge is -2.42. The van der Waals surface area contributed by atoms with E-state index in [1.807, 2.05) is 29.0 Å². The molecule has 2 unspecified atom stereocenters. The van der Waals surface area contributed by atoms with Gasteiger partial charge in [0.05, 0.1) is 24.9 Å². The number of benzene rings is 1. The number of methoxy groups -OCH3 is 1. The van der Waals surface area contributed by atoms with E-state index in [-0.39, 0.29) is 11.9 Å². The highest BCUT2D eigenvalue weighted by atomic mass is 33.1. The summed E-state index contributed by atoms with van der Waals surface area (Å²) >= 11 is 0. The van der Waals surface area contributed by atoms with Crippen LogP contribution in [0.3, 0.4) is 0 Å². The lowest BCUT2D eigenvalue weighted by atomic mass is 9.82. The molecule has 0 spiro atoms. The van der Waals surface area contributed by atoms with Crippen molar-refractivity contribution in [2.24, 2.45) is 11.7 Å². The van der Waals surface area contributed by atoms with Crippen LogP contribution in [0.1, 0.15) is 76.1 Å². The average Bonchev–Trinajstić information content (AvgIpc) is 3.37. The van der Waals surface area contributed by atoms with Crippen molar-refractivity contribution in [3.05, 3.63) is 36.3 Å². The number of ether oxygens (including phenoxy) is 1. The van der Waals surface area contributed by atoms with Crippen molar-refractivity contribution in [3.63, 3.8) is 0 Å². The van der Waals surface area contributed by atoms with Gasteiger partial charge in [-0.15, -0.1) is 0 Å². The molecule has 2 N–H and O–H groups in total. The average molecular weight is 529 g/mol. The Morgan fingerprint density at radius 2 is 1.81 bits per heavy atom. The number of rotatable bonds is 8. The lowest BCUT2D eigenvalue weighted by Crippen LogP contribution is -2.52. The Labute approximate surface area is 223 Å². The zero-order valence-corrected chi connectivity index (χ0v) is 23.1. The molecule has 2 aromatic rings. The molecule has 6 nitrogen and oxygen atoms in total. The number of hydrogen-bond acceptors (Lipinski definition) is 6. The van der Waals surface area contributed by atoms with E-state index in [9.17, 15) is 4.79 Å². The van der Waals surface area contributed by atoms with Crippen LogP contribution in [0.5, 0.6) is 5.75 Å². The number of imidazole rings is 1. The van der Waals surface area contributed by atoms with E-state index in [0.29, 0.717) is 18.2 Å². The van der Waals surface area contributed by atoms with Crippen LogP contribution in [0.25, 0.3) is 11.3 Å². The SMILES string of the molecule is COc1ccccc1-c1cn2c(n1)C(C1CCCCC1)N(C(=O)C(N)CSSC1CCCCC1)CC2. The van der Waals surface area contributed by atoms with Crippen molar-refractivity contribution < 1.29 is 9.53 Å². The van der Waals surface area contributed by atoms with Gasteiger partial charge in [0.15, 0.2) is 0 Å². The molecule has 1 aromatic carbocycles. The highest BCUT2D eigenvalue weighted by Gasteiger charge is 2.40. The van der Waals surface area contributed by atoms with Gasteiger partial charge in [-0.3, -0.25) is 4.79 Å². The molecule has 1 aliphatic heterocycles. The van der Waals surface area contributed by atoms with E-state index in [0.717, 1.165) is 47.5 Å². The molecule has 2 saturated carbocycles. The smallest absolute Gasteiger partial charge is 0.241 e. The second-order valence-corrected chi connectivity index (χ2v) is 13.2. The van der Waals surface area contributed by atoms with E-state index in [2.05, 4.69) is 21.7 Å².